The number of rotatable bonds is 16. The van der Waals surface area contributed by atoms with Crippen LogP contribution in [0.25, 0.3) is 10.8 Å². The highest BCUT2D eigenvalue weighted by Crippen LogP contribution is 2.19. The lowest BCUT2D eigenvalue weighted by molar-refractivity contribution is -0.140. The number of aromatic nitrogens is 1. The first-order valence-electron chi connectivity index (χ1n) is 16.1. The van der Waals surface area contributed by atoms with Crippen molar-refractivity contribution in [1.29, 1.82) is 0 Å². The molecule has 12 nitrogen and oxygen atoms in total. The average Bonchev–Trinajstić information content (AvgIpc) is 3.54. The van der Waals surface area contributed by atoms with Crippen molar-refractivity contribution in [3.8, 4) is 0 Å². The van der Waals surface area contributed by atoms with Gasteiger partial charge in [-0.05, 0) is 54.3 Å². The van der Waals surface area contributed by atoms with Crippen molar-refractivity contribution >= 4 is 40.4 Å². The first kappa shape index (κ1) is 37.0. The lowest BCUT2D eigenvalue weighted by Gasteiger charge is -2.32. The molecule has 0 saturated heterocycles. The quantitative estimate of drug-likeness (QED) is 0.119. The molecule has 3 aromatic carbocycles. The SMILES string of the molecule is CCOC(=O)/C=C/[C@H](CCC(N)=O)NC(=O)[C@H](Cc1ccc(F)cc1)N(C)C(=O)[C@H](Cc1ccc2ccccc2c1)NC(=O)c1cc(C)on1. The third kappa shape index (κ3) is 10.6. The van der Waals surface area contributed by atoms with Crippen LogP contribution in [0.1, 0.15) is 47.1 Å². The normalized spacial score (nSPS) is 13.0. The molecular weight excluding hydrogens is 645 g/mol. The number of hydrogen-bond donors (Lipinski definition) is 3. The molecule has 3 atom stereocenters. The van der Waals surface area contributed by atoms with E-state index in [1.807, 2.05) is 42.5 Å². The summed E-state index contributed by atoms with van der Waals surface area (Å²) in [5.41, 5.74) is 6.63. The van der Waals surface area contributed by atoms with Gasteiger partial charge < -0.3 is 30.5 Å². The molecular formula is C37H40FN5O7. The second kappa shape index (κ2) is 17.5. The van der Waals surface area contributed by atoms with Gasteiger partial charge in [-0.1, -0.05) is 65.8 Å². The summed E-state index contributed by atoms with van der Waals surface area (Å²) in [4.78, 5) is 66.5. The van der Waals surface area contributed by atoms with Crippen LogP contribution in [0.3, 0.4) is 0 Å². The van der Waals surface area contributed by atoms with Crippen LogP contribution in [0.15, 0.2) is 89.5 Å². The highest BCUT2D eigenvalue weighted by molar-refractivity contribution is 5.97. The molecule has 4 rings (SSSR count). The van der Waals surface area contributed by atoms with Crippen molar-refractivity contribution in [2.75, 3.05) is 13.7 Å². The van der Waals surface area contributed by atoms with Crippen LogP contribution in [-0.4, -0.2) is 71.4 Å². The number of carbonyl (C=O) groups excluding carboxylic acids is 5. The molecule has 4 aromatic rings. The second-order valence-electron chi connectivity index (χ2n) is 11.8. The third-order valence-corrected chi connectivity index (χ3v) is 7.96. The van der Waals surface area contributed by atoms with Gasteiger partial charge in [0.15, 0.2) is 5.69 Å². The Kier molecular flexibility index (Phi) is 13.0. The monoisotopic (exact) mass is 685 g/mol. The van der Waals surface area contributed by atoms with Gasteiger partial charge in [-0.15, -0.1) is 0 Å². The van der Waals surface area contributed by atoms with Crippen LogP contribution in [0.2, 0.25) is 0 Å². The highest BCUT2D eigenvalue weighted by atomic mass is 19.1. The van der Waals surface area contributed by atoms with E-state index in [1.165, 1.54) is 48.4 Å². The van der Waals surface area contributed by atoms with E-state index in [2.05, 4.69) is 15.8 Å². The number of carbonyl (C=O) groups is 5. The van der Waals surface area contributed by atoms with Gasteiger partial charge in [0.25, 0.3) is 5.91 Å². The number of fused-ring (bicyclic) bond motifs is 1. The van der Waals surface area contributed by atoms with Gasteiger partial charge in [0.2, 0.25) is 17.7 Å². The predicted octanol–water partition coefficient (Wildman–Crippen LogP) is 3.56. The Labute approximate surface area is 288 Å². The number of nitrogens with two attached hydrogens (primary N) is 1. The summed E-state index contributed by atoms with van der Waals surface area (Å²) < 4.78 is 23.8. The maximum absolute atomic E-state index is 14.4. The second-order valence-corrected chi connectivity index (χ2v) is 11.8. The number of nitrogens with zero attached hydrogens (tertiary/aromatic N) is 2. The molecule has 0 unspecified atom stereocenters. The van der Waals surface area contributed by atoms with Crippen molar-refractivity contribution in [3.05, 3.63) is 113 Å². The van der Waals surface area contributed by atoms with Crippen molar-refractivity contribution < 1.29 is 37.6 Å². The number of aryl methyl sites for hydroxylation is 1. The van der Waals surface area contributed by atoms with Gasteiger partial charge in [0.1, 0.15) is 23.7 Å². The average molecular weight is 686 g/mol. The van der Waals surface area contributed by atoms with E-state index in [4.69, 9.17) is 15.0 Å². The number of likely N-dealkylation sites (N-methyl/N-ethyl adjacent to an activating group) is 1. The number of ether oxygens (including phenoxy) is 1. The number of nitrogens with one attached hydrogen (secondary N) is 2. The predicted molar refractivity (Wildman–Crippen MR) is 183 cm³/mol. The van der Waals surface area contributed by atoms with Crippen LogP contribution in [-0.2, 0) is 36.8 Å². The topological polar surface area (TPSA) is 174 Å². The summed E-state index contributed by atoms with van der Waals surface area (Å²) in [7, 11) is 1.43. The smallest absolute Gasteiger partial charge is 0.330 e. The largest absolute Gasteiger partial charge is 0.463 e. The molecule has 0 aliphatic carbocycles. The standard InChI is InChI=1S/C37H40FN5O7/c1-4-49-34(45)18-16-29(15-17-33(39)44)40-36(47)32(22-24-10-13-28(38)14-11-24)43(3)37(48)31(41-35(46)30-19-23(2)50-42-30)21-25-9-12-26-7-5-6-8-27(26)20-25/h5-14,16,18-20,29,31-32H,4,15,17,21-22H2,1-3H3,(H2,39,44)(H,40,47)(H,41,46)/b18-16+/t29-,31-,32-/m0/s1. The van der Waals surface area contributed by atoms with Crippen molar-refractivity contribution in [1.82, 2.24) is 20.7 Å². The Bertz CT molecular complexity index is 1860. The van der Waals surface area contributed by atoms with E-state index in [9.17, 15) is 28.4 Å². The van der Waals surface area contributed by atoms with Crippen molar-refractivity contribution in [3.63, 3.8) is 0 Å². The van der Waals surface area contributed by atoms with E-state index in [0.29, 0.717) is 11.3 Å². The molecule has 1 heterocycles. The summed E-state index contributed by atoms with van der Waals surface area (Å²) in [6.07, 6.45) is 2.54. The molecule has 0 saturated carbocycles. The molecule has 0 fully saturated rings. The maximum Gasteiger partial charge on any atom is 0.330 e. The molecule has 0 bridgehead atoms. The summed E-state index contributed by atoms with van der Waals surface area (Å²) in [5.74, 6) is -3.20. The number of primary amides is 1. The molecule has 13 heteroatoms. The molecule has 1 aromatic heterocycles. The Balaban J connectivity index is 1.66. The van der Waals surface area contributed by atoms with E-state index < -0.39 is 53.5 Å². The van der Waals surface area contributed by atoms with E-state index in [-0.39, 0.29) is 38.0 Å². The Morgan fingerprint density at radius 3 is 2.32 bits per heavy atom. The molecule has 0 radical (unpaired) electrons. The fourth-order valence-electron chi connectivity index (χ4n) is 5.33. The Morgan fingerprint density at radius 2 is 1.66 bits per heavy atom. The zero-order valence-corrected chi connectivity index (χ0v) is 28.1. The molecule has 4 amide bonds. The molecule has 0 aliphatic heterocycles. The zero-order valence-electron chi connectivity index (χ0n) is 28.1. The fourth-order valence-corrected chi connectivity index (χ4v) is 5.33. The molecule has 0 aliphatic rings. The summed E-state index contributed by atoms with van der Waals surface area (Å²) >= 11 is 0. The van der Waals surface area contributed by atoms with Gasteiger partial charge in [-0.25, -0.2) is 9.18 Å². The van der Waals surface area contributed by atoms with E-state index >= 15 is 0 Å². The van der Waals surface area contributed by atoms with Crippen LogP contribution in [0.5, 0.6) is 0 Å². The van der Waals surface area contributed by atoms with Crippen LogP contribution < -0.4 is 16.4 Å². The maximum atomic E-state index is 14.4. The zero-order chi connectivity index (χ0) is 36.2. The fraction of sp³-hybridized carbons (Fsp3) is 0.297. The van der Waals surface area contributed by atoms with Gasteiger partial charge in [0.05, 0.1) is 6.61 Å². The summed E-state index contributed by atoms with van der Waals surface area (Å²) in [6.45, 7) is 3.42. The first-order valence-corrected chi connectivity index (χ1v) is 16.1. The number of hydrogen-bond acceptors (Lipinski definition) is 8. The highest BCUT2D eigenvalue weighted by Gasteiger charge is 2.34. The lowest BCUT2D eigenvalue weighted by atomic mass is 9.98. The third-order valence-electron chi connectivity index (χ3n) is 7.96. The first-order chi connectivity index (χ1) is 23.9. The molecule has 262 valence electrons. The van der Waals surface area contributed by atoms with Crippen molar-refractivity contribution in [2.45, 2.75) is 57.7 Å². The minimum atomic E-state index is -1.18. The minimum Gasteiger partial charge on any atom is -0.463 e. The number of benzene rings is 3. The van der Waals surface area contributed by atoms with Crippen LogP contribution >= 0.6 is 0 Å². The summed E-state index contributed by atoms with van der Waals surface area (Å²) in [5, 5.41) is 11.3. The van der Waals surface area contributed by atoms with Gasteiger partial charge in [-0.3, -0.25) is 19.2 Å². The Morgan fingerprint density at radius 1 is 0.960 bits per heavy atom. The van der Waals surface area contributed by atoms with Gasteiger partial charge >= 0.3 is 5.97 Å². The minimum absolute atomic E-state index is 0.0206. The van der Waals surface area contributed by atoms with Gasteiger partial charge in [0, 0.05) is 44.5 Å². The van der Waals surface area contributed by atoms with E-state index in [1.54, 1.807) is 13.8 Å². The lowest BCUT2D eigenvalue weighted by Crippen LogP contribution is -2.56. The summed E-state index contributed by atoms with van der Waals surface area (Å²) in [6, 6.07) is 17.2. The van der Waals surface area contributed by atoms with Gasteiger partial charge in [-0.2, -0.15) is 0 Å². The number of amides is 4. The Hall–Kier alpha value is -5.85. The molecule has 0 spiro atoms. The molecule has 4 N–H and O–H groups in total. The van der Waals surface area contributed by atoms with Crippen LogP contribution in [0, 0.1) is 12.7 Å². The number of halogens is 1. The van der Waals surface area contributed by atoms with Crippen LogP contribution in [0.4, 0.5) is 4.39 Å². The number of esters is 1. The molecule has 50 heavy (non-hydrogen) atoms. The van der Waals surface area contributed by atoms with E-state index in [0.717, 1.165) is 22.4 Å². The van der Waals surface area contributed by atoms with Crippen molar-refractivity contribution in [2.24, 2.45) is 5.73 Å².